The monoisotopic (exact) mass is 272 g/mol. The quantitative estimate of drug-likeness (QED) is 0.701. The Labute approximate surface area is 120 Å². The summed E-state index contributed by atoms with van der Waals surface area (Å²) in [5, 5.41) is 0. The van der Waals surface area contributed by atoms with Crippen molar-refractivity contribution in [3.8, 4) is 17.2 Å². The second-order valence-corrected chi connectivity index (χ2v) is 3.95. The van der Waals surface area contributed by atoms with Crippen LogP contribution in [0.25, 0.3) is 5.57 Å². The molecule has 0 radical (unpaired) electrons. The highest BCUT2D eigenvalue weighted by Gasteiger charge is 2.15. The lowest BCUT2D eigenvalue weighted by Gasteiger charge is -2.15. The van der Waals surface area contributed by atoms with E-state index < -0.39 is 0 Å². The lowest BCUT2D eigenvalue weighted by Crippen LogP contribution is -1.97. The van der Waals surface area contributed by atoms with Crippen LogP contribution < -0.4 is 14.2 Å². The van der Waals surface area contributed by atoms with Gasteiger partial charge in [-0.2, -0.15) is 0 Å². The highest BCUT2D eigenvalue weighted by Crippen LogP contribution is 2.40. The van der Waals surface area contributed by atoms with E-state index >= 15 is 0 Å². The molecule has 0 saturated carbocycles. The molecule has 0 unspecified atom stereocenters. The minimum Gasteiger partial charge on any atom is -0.493 e. The topological polar surface area (TPSA) is 27.7 Å². The van der Waals surface area contributed by atoms with Crippen LogP contribution in [-0.4, -0.2) is 21.3 Å². The summed E-state index contributed by atoms with van der Waals surface area (Å²) in [6.45, 7) is 11.5. The maximum atomic E-state index is 5.33. The second kappa shape index (κ2) is 7.24. The Morgan fingerprint density at radius 3 is 1.90 bits per heavy atom. The van der Waals surface area contributed by atoms with Crippen molar-refractivity contribution in [3.05, 3.63) is 61.2 Å². The third-order valence-electron chi connectivity index (χ3n) is 2.88. The molecule has 0 spiro atoms. The summed E-state index contributed by atoms with van der Waals surface area (Å²) in [6, 6.07) is 3.70. The van der Waals surface area contributed by atoms with Gasteiger partial charge in [0.15, 0.2) is 11.5 Å². The summed E-state index contributed by atoms with van der Waals surface area (Å²) >= 11 is 0. The van der Waals surface area contributed by atoms with Crippen LogP contribution in [0.1, 0.15) is 5.56 Å². The lowest BCUT2D eigenvalue weighted by atomic mass is 9.98. The Morgan fingerprint density at radius 1 is 1.00 bits per heavy atom. The molecule has 0 aliphatic rings. The Bertz CT molecular complexity index is 528. The van der Waals surface area contributed by atoms with Crippen LogP contribution in [0, 0.1) is 0 Å². The number of rotatable bonds is 7. The largest absolute Gasteiger partial charge is 0.493 e. The van der Waals surface area contributed by atoms with Crippen molar-refractivity contribution in [2.75, 3.05) is 21.3 Å². The fraction of sp³-hybridized carbons (Fsp3) is 0.176. The van der Waals surface area contributed by atoms with Gasteiger partial charge in [-0.05, 0) is 28.8 Å². The minimum absolute atomic E-state index is 0.555. The molecule has 0 heterocycles. The Hall–Kier alpha value is -2.42. The first-order chi connectivity index (χ1) is 9.62. The Kier molecular flexibility index (Phi) is 5.66. The van der Waals surface area contributed by atoms with Crippen LogP contribution in [0.3, 0.4) is 0 Å². The standard InChI is InChI=1S/C17H20O3/c1-7-9-13(8-2)12(3)14-10-15(18-4)17(20-6)16(11-14)19-5/h7-11H,1-3H2,4-6H3/b13-9+. The number of hydrogen-bond donors (Lipinski definition) is 0. The normalized spacial score (nSPS) is 10.7. The molecule has 0 aromatic heterocycles. The van der Waals surface area contributed by atoms with Gasteiger partial charge in [0.1, 0.15) is 0 Å². The van der Waals surface area contributed by atoms with Gasteiger partial charge in [0.25, 0.3) is 0 Å². The van der Waals surface area contributed by atoms with Gasteiger partial charge in [0, 0.05) is 0 Å². The lowest BCUT2D eigenvalue weighted by molar-refractivity contribution is 0.324. The summed E-state index contributed by atoms with van der Waals surface area (Å²) in [5.74, 6) is 1.73. The van der Waals surface area contributed by atoms with E-state index in [-0.39, 0.29) is 0 Å². The molecule has 0 bridgehead atoms. The average molecular weight is 272 g/mol. The first-order valence-electron chi connectivity index (χ1n) is 6.07. The van der Waals surface area contributed by atoms with Crippen LogP contribution in [0.15, 0.2) is 55.7 Å². The Balaban J connectivity index is 3.39. The third kappa shape index (κ3) is 3.12. The number of ether oxygens (including phenoxy) is 3. The molecule has 0 aliphatic carbocycles. The van der Waals surface area contributed by atoms with E-state index in [2.05, 4.69) is 19.7 Å². The zero-order valence-corrected chi connectivity index (χ0v) is 12.2. The number of hydrogen-bond acceptors (Lipinski definition) is 3. The maximum Gasteiger partial charge on any atom is 0.203 e. The van der Waals surface area contributed by atoms with E-state index in [1.807, 2.05) is 18.2 Å². The zero-order chi connectivity index (χ0) is 15.1. The molecule has 0 N–H and O–H groups in total. The van der Waals surface area contributed by atoms with Gasteiger partial charge in [0.2, 0.25) is 5.75 Å². The summed E-state index contributed by atoms with van der Waals surface area (Å²) in [5.41, 5.74) is 2.56. The Morgan fingerprint density at radius 2 is 1.55 bits per heavy atom. The molecule has 3 heteroatoms. The van der Waals surface area contributed by atoms with Crippen molar-refractivity contribution in [1.82, 2.24) is 0 Å². The van der Waals surface area contributed by atoms with E-state index in [9.17, 15) is 0 Å². The van der Waals surface area contributed by atoms with Crippen LogP contribution in [0.2, 0.25) is 0 Å². The molecular weight excluding hydrogens is 252 g/mol. The van der Waals surface area contributed by atoms with Gasteiger partial charge < -0.3 is 14.2 Å². The van der Waals surface area contributed by atoms with Gasteiger partial charge in [-0.1, -0.05) is 38.0 Å². The SMILES string of the molecule is C=C/C=C(\C=C)C(=C)c1cc(OC)c(OC)c(OC)c1. The van der Waals surface area contributed by atoms with Crippen molar-refractivity contribution in [2.24, 2.45) is 0 Å². The van der Waals surface area contributed by atoms with E-state index in [1.165, 1.54) is 0 Å². The minimum atomic E-state index is 0.555. The van der Waals surface area contributed by atoms with E-state index in [4.69, 9.17) is 14.2 Å². The van der Waals surface area contributed by atoms with Gasteiger partial charge in [-0.3, -0.25) is 0 Å². The van der Waals surface area contributed by atoms with Crippen molar-refractivity contribution < 1.29 is 14.2 Å². The van der Waals surface area contributed by atoms with E-state index in [1.54, 1.807) is 33.5 Å². The van der Waals surface area contributed by atoms with Crippen LogP contribution in [-0.2, 0) is 0 Å². The fourth-order valence-electron chi connectivity index (χ4n) is 1.84. The van der Waals surface area contributed by atoms with Crippen LogP contribution in [0.4, 0.5) is 0 Å². The van der Waals surface area contributed by atoms with Gasteiger partial charge >= 0.3 is 0 Å². The zero-order valence-electron chi connectivity index (χ0n) is 12.2. The summed E-state index contributed by atoms with van der Waals surface area (Å²) in [7, 11) is 4.73. The van der Waals surface area contributed by atoms with Crippen molar-refractivity contribution in [1.29, 1.82) is 0 Å². The average Bonchev–Trinajstić information content (AvgIpc) is 2.50. The first kappa shape index (κ1) is 15.6. The smallest absolute Gasteiger partial charge is 0.203 e. The number of benzene rings is 1. The molecule has 3 nitrogen and oxygen atoms in total. The predicted octanol–water partition coefficient (Wildman–Crippen LogP) is 4.02. The molecule has 20 heavy (non-hydrogen) atoms. The molecule has 1 aromatic rings. The summed E-state index contributed by atoms with van der Waals surface area (Å²) < 4.78 is 16.0. The number of methoxy groups -OCH3 is 3. The molecule has 1 rings (SSSR count). The van der Waals surface area contributed by atoms with Crippen LogP contribution >= 0.6 is 0 Å². The summed E-state index contributed by atoms with van der Waals surface area (Å²) in [6.07, 6.45) is 5.27. The molecule has 0 saturated heterocycles. The highest BCUT2D eigenvalue weighted by atomic mass is 16.5. The van der Waals surface area contributed by atoms with Crippen molar-refractivity contribution in [2.45, 2.75) is 0 Å². The van der Waals surface area contributed by atoms with Crippen LogP contribution in [0.5, 0.6) is 17.2 Å². The number of allylic oxidation sites excluding steroid dienone is 5. The molecule has 0 amide bonds. The molecular formula is C17H20O3. The predicted molar refractivity (Wildman–Crippen MR) is 83.6 cm³/mol. The van der Waals surface area contributed by atoms with Crippen molar-refractivity contribution in [3.63, 3.8) is 0 Å². The van der Waals surface area contributed by atoms with E-state index in [0.717, 1.165) is 16.7 Å². The molecule has 0 fully saturated rings. The molecule has 1 aromatic carbocycles. The van der Waals surface area contributed by atoms with E-state index in [0.29, 0.717) is 17.2 Å². The second-order valence-electron chi connectivity index (χ2n) is 3.95. The van der Waals surface area contributed by atoms with Gasteiger partial charge in [-0.25, -0.2) is 0 Å². The molecule has 0 atom stereocenters. The highest BCUT2D eigenvalue weighted by molar-refractivity contribution is 5.82. The van der Waals surface area contributed by atoms with Gasteiger partial charge in [0.05, 0.1) is 21.3 Å². The third-order valence-corrected chi connectivity index (χ3v) is 2.88. The van der Waals surface area contributed by atoms with Crippen molar-refractivity contribution >= 4 is 5.57 Å². The maximum absolute atomic E-state index is 5.33. The molecule has 106 valence electrons. The van der Waals surface area contributed by atoms with Gasteiger partial charge in [-0.15, -0.1) is 0 Å². The molecule has 0 aliphatic heterocycles. The first-order valence-corrected chi connectivity index (χ1v) is 6.07. The fourth-order valence-corrected chi connectivity index (χ4v) is 1.84. The summed E-state index contributed by atoms with van der Waals surface area (Å²) in [4.78, 5) is 0.